The fraction of sp³-hybridized carbons (Fsp3) is 0.636. The van der Waals surface area contributed by atoms with Crippen LogP contribution < -0.4 is 0 Å². The van der Waals surface area contributed by atoms with E-state index in [0.29, 0.717) is 6.54 Å². The summed E-state index contributed by atoms with van der Waals surface area (Å²) in [6.07, 6.45) is 3.29. The lowest BCUT2D eigenvalue weighted by Gasteiger charge is -2.27. The van der Waals surface area contributed by atoms with Crippen LogP contribution in [0.2, 0.25) is 0 Å². The quantitative estimate of drug-likeness (QED) is 0.568. The lowest BCUT2D eigenvalue weighted by atomic mass is 10.1. The van der Waals surface area contributed by atoms with E-state index >= 15 is 0 Å². The summed E-state index contributed by atoms with van der Waals surface area (Å²) in [6, 6.07) is 0. The highest BCUT2D eigenvalue weighted by Gasteiger charge is 2.54. The molecule has 4 nitrogen and oxygen atoms in total. The van der Waals surface area contributed by atoms with Crippen molar-refractivity contribution in [2.75, 3.05) is 13.1 Å². The normalized spacial score (nSPS) is 33.5. The molecule has 2 aliphatic rings. The number of Topliss-reactive ketones (excluding diaryl/α,β-unsaturated/α-hetero) is 1. The summed E-state index contributed by atoms with van der Waals surface area (Å²) in [5.74, 6) is 0.0703. The molecule has 1 amide bonds. The molecule has 0 saturated carbocycles. The van der Waals surface area contributed by atoms with Gasteiger partial charge in [-0.05, 0) is 26.8 Å². The topological polar surface area (TPSA) is 43.4 Å². The number of quaternary nitrogens is 1. The van der Waals surface area contributed by atoms with Crippen LogP contribution in [0, 0.1) is 5.92 Å². The van der Waals surface area contributed by atoms with Gasteiger partial charge in [-0.25, -0.2) is 0 Å². The van der Waals surface area contributed by atoms with Crippen LogP contribution >= 0.6 is 0 Å². The first-order valence-electron chi connectivity index (χ1n) is 5.15. The molecule has 2 rings (SSSR count). The molecular formula is C11H16NO3+. The van der Waals surface area contributed by atoms with E-state index in [1.54, 1.807) is 6.20 Å². The van der Waals surface area contributed by atoms with Gasteiger partial charge in [-0.1, -0.05) is 0 Å². The maximum absolute atomic E-state index is 11.9. The van der Waals surface area contributed by atoms with Gasteiger partial charge in [-0.15, -0.1) is 0 Å². The predicted octanol–water partition coefficient (Wildman–Crippen LogP) is 1.46. The van der Waals surface area contributed by atoms with E-state index in [9.17, 15) is 9.59 Å². The minimum Gasteiger partial charge on any atom is -0.414 e. The Morgan fingerprint density at radius 1 is 1.53 bits per heavy atom. The van der Waals surface area contributed by atoms with E-state index in [1.807, 2.05) is 26.8 Å². The second kappa shape index (κ2) is 2.92. The van der Waals surface area contributed by atoms with Crippen molar-refractivity contribution in [3.8, 4) is 0 Å². The minimum atomic E-state index is -0.498. The summed E-state index contributed by atoms with van der Waals surface area (Å²) in [7, 11) is 0. The van der Waals surface area contributed by atoms with Gasteiger partial charge >= 0.3 is 6.09 Å². The third-order valence-corrected chi connectivity index (χ3v) is 2.73. The number of fused-ring (bicyclic) bond motifs is 2. The molecule has 0 aromatic heterocycles. The number of ketones is 1. The zero-order valence-electron chi connectivity index (χ0n) is 9.32. The number of hydrogen-bond acceptors (Lipinski definition) is 3. The summed E-state index contributed by atoms with van der Waals surface area (Å²) in [4.78, 5) is 23.4. The average molecular weight is 210 g/mol. The Balaban J connectivity index is 2.15. The molecule has 15 heavy (non-hydrogen) atoms. The molecule has 0 aromatic carbocycles. The van der Waals surface area contributed by atoms with E-state index < -0.39 is 5.60 Å². The molecule has 0 aromatic rings. The predicted molar refractivity (Wildman–Crippen MR) is 53.9 cm³/mol. The van der Waals surface area contributed by atoms with E-state index in [4.69, 9.17) is 4.74 Å². The molecule has 2 atom stereocenters. The van der Waals surface area contributed by atoms with Crippen molar-refractivity contribution in [1.29, 1.82) is 0 Å². The first-order valence-corrected chi connectivity index (χ1v) is 5.15. The molecule has 0 radical (unpaired) electrons. The number of nitrogens with zero attached hydrogens (tertiary/aromatic N) is 1. The minimum absolute atomic E-state index is 0.0563. The van der Waals surface area contributed by atoms with Crippen molar-refractivity contribution >= 4 is 11.9 Å². The summed E-state index contributed by atoms with van der Waals surface area (Å²) in [6.45, 7) is 6.30. The first-order chi connectivity index (χ1) is 6.82. The zero-order chi connectivity index (χ0) is 11.3. The van der Waals surface area contributed by atoms with Gasteiger partial charge < -0.3 is 4.74 Å². The number of carbonyl (C=O) groups is 2. The average Bonchev–Trinajstić information content (AvgIpc) is 2.58. The van der Waals surface area contributed by atoms with Gasteiger partial charge in [0, 0.05) is 0 Å². The van der Waals surface area contributed by atoms with Crippen LogP contribution in [0.1, 0.15) is 20.8 Å². The van der Waals surface area contributed by atoms with Crippen LogP contribution in [0.4, 0.5) is 4.79 Å². The van der Waals surface area contributed by atoms with Gasteiger partial charge in [0.15, 0.2) is 6.54 Å². The Kier molecular flexibility index (Phi) is 2.01. The highest BCUT2D eigenvalue weighted by atomic mass is 16.6. The second-order valence-electron chi connectivity index (χ2n) is 5.27. The van der Waals surface area contributed by atoms with Gasteiger partial charge in [-0.2, -0.15) is 9.28 Å². The van der Waals surface area contributed by atoms with Crippen molar-refractivity contribution in [2.24, 2.45) is 5.92 Å². The van der Waals surface area contributed by atoms with Crippen molar-refractivity contribution in [3.05, 3.63) is 12.3 Å². The molecule has 4 heteroatoms. The fourth-order valence-corrected chi connectivity index (χ4v) is 2.02. The molecule has 82 valence electrons. The van der Waals surface area contributed by atoms with E-state index in [1.165, 1.54) is 0 Å². The molecule has 0 aliphatic carbocycles. The number of amides is 1. The Labute approximate surface area is 89.1 Å². The molecular weight excluding hydrogens is 194 g/mol. The second-order valence-corrected chi connectivity index (χ2v) is 5.27. The summed E-state index contributed by atoms with van der Waals surface area (Å²) < 4.78 is 5.38. The van der Waals surface area contributed by atoms with Gasteiger partial charge in [0.25, 0.3) is 0 Å². The lowest BCUT2D eigenvalue weighted by Crippen LogP contribution is -2.48. The summed E-state index contributed by atoms with van der Waals surface area (Å²) >= 11 is 0. The maximum atomic E-state index is 11.9. The highest BCUT2D eigenvalue weighted by Crippen LogP contribution is 2.32. The SMILES string of the molecule is CC(C)(C)OC(=O)[N+]12C=CC(C1)C(=O)C2. The van der Waals surface area contributed by atoms with E-state index in [0.717, 1.165) is 0 Å². The number of rotatable bonds is 0. The largest absolute Gasteiger partial charge is 0.521 e. The van der Waals surface area contributed by atoms with Crippen LogP contribution in [0.15, 0.2) is 12.3 Å². The Bertz CT molecular complexity index is 353. The van der Waals surface area contributed by atoms with Crippen LogP contribution in [-0.4, -0.2) is 35.1 Å². The van der Waals surface area contributed by atoms with Gasteiger partial charge in [0.05, 0.1) is 5.92 Å². The molecule has 2 aliphatic heterocycles. The van der Waals surface area contributed by atoms with E-state index in [-0.39, 0.29) is 28.8 Å². The maximum Gasteiger partial charge on any atom is 0.521 e. The van der Waals surface area contributed by atoms with Crippen LogP contribution in [0.3, 0.4) is 0 Å². The van der Waals surface area contributed by atoms with Crippen molar-refractivity contribution in [1.82, 2.24) is 0 Å². The standard InChI is InChI=1S/C11H16NO3/c1-11(2,3)15-10(14)12-5-4-8(6-12)9(13)7-12/h4-5,8H,6-7H2,1-3H3/q+1. The third kappa shape index (κ3) is 1.69. The zero-order valence-corrected chi connectivity index (χ0v) is 9.32. The Hall–Kier alpha value is -1.16. The Morgan fingerprint density at radius 2 is 2.20 bits per heavy atom. The van der Waals surface area contributed by atoms with Gasteiger partial charge in [0.2, 0.25) is 5.78 Å². The molecule has 0 spiro atoms. The summed E-state index contributed by atoms with van der Waals surface area (Å²) in [5.41, 5.74) is -0.498. The highest BCUT2D eigenvalue weighted by molar-refractivity contribution is 5.88. The van der Waals surface area contributed by atoms with E-state index in [2.05, 4.69) is 0 Å². The smallest absolute Gasteiger partial charge is 0.414 e. The number of ether oxygens (including phenoxy) is 1. The monoisotopic (exact) mass is 210 g/mol. The van der Waals surface area contributed by atoms with Crippen LogP contribution in [0.5, 0.6) is 0 Å². The molecule has 2 heterocycles. The lowest BCUT2D eigenvalue weighted by molar-refractivity contribution is -0.786. The third-order valence-electron chi connectivity index (χ3n) is 2.73. The number of hydrogen-bond donors (Lipinski definition) is 0. The molecule has 2 bridgehead atoms. The fourth-order valence-electron chi connectivity index (χ4n) is 2.02. The first kappa shape index (κ1) is 10.4. The Morgan fingerprint density at radius 3 is 2.60 bits per heavy atom. The van der Waals surface area contributed by atoms with Gasteiger partial charge in [-0.3, -0.25) is 4.79 Å². The van der Waals surface area contributed by atoms with Crippen molar-refractivity contribution in [3.63, 3.8) is 0 Å². The number of carbonyl (C=O) groups excluding carboxylic acids is 2. The molecule has 2 unspecified atom stereocenters. The summed E-state index contributed by atoms with van der Waals surface area (Å²) in [5, 5.41) is 0. The van der Waals surface area contributed by atoms with Crippen LogP contribution in [-0.2, 0) is 9.53 Å². The van der Waals surface area contributed by atoms with Crippen LogP contribution in [0.25, 0.3) is 0 Å². The molecule has 1 fully saturated rings. The van der Waals surface area contributed by atoms with Crippen molar-refractivity contribution < 1.29 is 18.8 Å². The molecule has 0 N–H and O–H groups in total. The van der Waals surface area contributed by atoms with Crippen molar-refractivity contribution in [2.45, 2.75) is 26.4 Å². The molecule has 1 saturated heterocycles. The van der Waals surface area contributed by atoms with Gasteiger partial charge in [0.1, 0.15) is 18.3 Å².